The van der Waals surface area contributed by atoms with Crippen LogP contribution in [0.3, 0.4) is 0 Å². The highest BCUT2D eigenvalue weighted by atomic mass is 19.4. The van der Waals surface area contributed by atoms with Crippen molar-refractivity contribution < 1.29 is 31.9 Å². The SMILES string of the molecule is Cc1[nH]c(/C=C2\C(=O)Nc3cc(NC=O)c(F)cc32)c(C(F)(F)F)c1C(=O)N1CCC(N2CCCCC2)CC1. The van der Waals surface area contributed by atoms with E-state index in [0.717, 1.165) is 38.1 Å². The van der Waals surface area contributed by atoms with E-state index in [1.54, 1.807) is 0 Å². The third-order valence-electron chi connectivity index (χ3n) is 7.77. The Bertz CT molecular complexity index is 1340. The van der Waals surface area contributed by atoms with E-state index in [4.69, 9.17) is 0 Å². The van der Waals surface area contributed by atoms with Gasteiger partial charge < -0.3 is 25.4 Å². The van der Waals surface area contributed by atoms with Crippen molar-refractivity contribution in [3.05, 3.63) is 46.0 Å². The molecule has 12 heteroatoms. The summed E-state index contributed by atoms with van der Waals surface area (Å²) in [5.41, 5.74) is -2.25. The molecule has 2 aromatic rings. The molecule has 0 unspecified atom stereocenters. The number of anilines is 2. The summed E-state index contributed by atoms with van der Waals surface area (Å²) in [5.74, 6) is -2.30. The van der Waals surface area contributed by atoms with Crippen molar-refractivity contribution in [3.8, 4) is 0 Å². The van der Waals surface area contributed by atoms with Crippen LogP contribution in [0, 0.1) is 12.7 Å². The zero-order valence-electron chi connectivity index (χ0n) is 21.4. The van der Waals surface area contributed by atoms with Crippen molar-refractivity contribution in [1.29, 1.82) is 0 Å². The second kappa shape index (κ2) is 10.5. The highest BCUT2D eigenvalue weighted by molar-refractivity contribution is 6.35. The molecule has 8 nitrogen and oxygen atoms in total. The molecule has 3 N–H and O–H groups in total. The Morgan fingerprint density at radius 1 is 1.10 bits per heavy atom. The molecule has 0 bridgehead atoms. The molecule has 39 heavy (non-hydrogen) atoms. The summed E-state index contributed by atoms with van der Waals surface area (Å²) in [6.07, 6.45) is 1.26. The van der Waals surface area contributed by atoms with Gasteiger partial charge in [-0.1, -0.05) is 6.42 Å². The number of aromatic nitrogens is 1. The third-order valence-corrected chi connectivity index (χ3v) is 7.77. The summed E-state index contributed by atoms with van der Waals surface area (Å²) in [4.78, 5) is 43.3. The van der Waals surface area contributed by atoms with Gasteiger partial charge >= 0.3 is 6.18 Å². The van der Waals surface area contributed by atoms with Gasteiger partial charge in [0.2, 0.25) is 6.41 Å². The number of likely N-dealkylation sites (tertiary alicyclic amines) is 2. The van der Waals surface area contributed by atoms with Gasteiger partial charge in [-0.3, -0.25) is 14.4 Å². The lowest BCUT2D eigenvalue weighted by molar-refractivity contribution is -0.138. The molecule has 2 saturated heterocycles. The smallest absolute Gasteiger partial charge is 0.358 e. The number of H-pyrrole nitrogens is 1. The van der Waals surface area contributed by atoms with Gasteiger partial charge in [0.15, 0.2) is 0 Å². The maximum Gasteiger partial charge on any atom is 0.419 e. The molecule has 1 aromatic carbocycles. The fraction of sp³-hybridized carbons (Fsp3) is 0.444. The molecular weight excluding hydrogens is 518 g/mol. The minimum absolute atomic E-state index is 0.0349. The van der Waals surface area contributed by atoms with Crippen LogP contribution >= 0.6 is 0 Å². The summed E-state index contributed by atoms with van der Waals surface area (Å²) in [6.45, 7) is 4.16. The lowest BCUT2D eigenvalue weighted by Crippen LogP contribution is -2.48. The second-order valence-corrected chi connectivity index (χ2v) is 10.2. The molecule has 0 radical (unpaired) electrons. The minimum atomic E-state index is -4.89. The zero-order chi connectivity index (χ0) is 27.9. The monoisotopic (exact) mass is 547 g/mol. The molecule has 3 amide bonds. The van der Waals surface area contributed by atoms with Crippen LogP contribution in [0.1, 0.15) is 65.0 Å². The summed E-state index contributed by atoms with van der Waals surface area (Å²) in [5, 5.41) is 4.64. The zero-order valence-corrected chi connectivity index (χ0v) is 21.4. The van der Waals surface area contributed by atoms with Gasteiger partial charge in [-0.25, -0.2) is 4.39 Å². The van der Waals surface area contributed by atoms with Crippen LogP contribution in [0.4, 0.5) is 28.9 Å². The number of benzene rings is 1. The molecule has 1 aromatic heterocycles. The lowest BCUT2D eigenvalue weighted by atomic mass is 9.98. The molecule has 208 valence electrons. The van der Waals surface area contributed by atoms with Crippen LogP contribution in [0.25, 0.3) is 11.6 Å². The number of aromatic amines is 1. The number of hydrogen-bond donors (Lipinski definition) is 3. The maximum absolute atomic E-state index is 14.4. The molecule has 3 aliphatic heterocycles. The van der Waals surface area contributed by atoms with Gasteiger partial charge in [0, 0.05) is 30.4 Å². The summed E-state index contributed by atoms with van der Waals surface area (Å²) >= 11 is 0. The normalized spacial score (nSPS) is 19.8. The molecule has 2 fully saturated rings. The van der Waals surface area contributed by atoms with Crippen molar-refractivity contribution in [2.75, 3.05) is 36.8 Å². The Labute approximate surface area is 222 Å². The quantitative estimate of drug-likeness (QED) is 0.289. The Balaban J connectivity index is 1.45. The van der Waals surface area contributed by atoms with Gasteiger partial charge in [0.1, 0.15) is 5.82 Å². The van der Waals surface area contributed by atoms with Crippen LogP contribution in [0.5, 0.6) is 0 Å². The molecule has 5 rings (SSSR count). The van der Waals surface area contributed by atoms with Crippen LogP contribution in [0.2, 0.25) is 0 Å². The first-order valence-electron chi connectivity index (χ1n) is 13.0. The predicted molar refractivity (Wildman–Crippen MR) is 137 cm³/mol. The van der Waals surface area contributed by atoms with Gasteiger partial charge in [0.25, 0.3) is 11.8 Å². The number of amides is 3. The fourth-order valence-corrected chi connectivity index (χ4v) is 5.87. The topological polar surface area (TPSA) is 97.5 Å². The fourth-order valence-electron chi connectivity index (χ4n) is 5.87. The number of carbonyl (C=O) groups is 3. The first-order chi connectivity index (χ1) is 18.6. The number of nitrogens with one attached hydrogen (secondary N) is 3. The Morgan fingerprint density at radius 3 is 2.44 bits per heavy atom. The number of halogens is 4. The van der Waals surface area contributed by atoms with E-state index in [0.29, 0.717) is 32.0 Å². The number of alkyl halides is 3. The molecule has 0 saturated carbocycles. The van der Waals surface area contributed by atoms with E-state index < -0.39 is 40.6 Å². The largest absolute Gasteiger partial charge is 0.419 e. The number of fused-ring (bicyclic) bond motifs is 1. The van der Waals surface area contributed by atoms with Crippen molar-refractivity contribution in [2.45, 2.75) is 51.2 Å². The van der Waals surface area contributed by atoms with E-state index in [-0.39, 0.29) is 34.6 Å². The average molecular weight is 548 g/mol. The summed E-state index contributed by atoms with van der Waals surface area (Å²) in [7, 11) is 0. The molecule has 0 spiro atoms. The number of aryl methyl sites for hydroxylation is 1. The van der Waals surface area contributed by atoms with Crippen LogP contribution in [-0.2, 0) is 15.8 Å². The van der Waals surface area contributed by atoms with E-state index in [9.17, 15) is 31.9 Å². The van der Waals surface area contributed by atoms with Crippen molar-refractivity contribution in [2.24, 2.45) is 0 Å². The number of piperidine rings is 2. The molecule has 0 atom stereocenters. The molecule has 0 aliphatic carbocycles. The van der Waals surface area contributed by atoms with Crippen molar-refractivity contribution >= 4 is 41.2 Å². The van der Waals surface area contributed by atoms with E-state index >= 15 is 0 Å². The third kappa shape index (κ3) is 5.17. The second-order valence-electron chi connectivity index (χ2n) is 10.2. The average Bonchev–Trinajstić information content (AvgIpc) is 3.40. The standard InChI is InChI=1S/C27H29F4N5O3/c1-15-23(26(39)36-9-5-16(6-10-36)35-7-3-2-4-8-35)24(27(29,30)31)22(33-15)12-18-17-11-19(28)21(32-14-37)13-20(17)34-25(18)38/h11-14,16,33H,2-10H2,1H3,(H,32,37)(H,34,38)/b18-12-. The molecule has 3 aliphatic rings. The highest BCUT2D eigenvalue weighted by Gasteiger charge is 2.42. The van der Waals surface area contributed by atoms with Crippen LogP contribution in [0.15, 0.2) is 12.1 Å². The Hall–Kier alpha value is -3.67. The van der Waals surface area contributed by atoms with Crippen molar-refractivity contribution in [1.82, 2.24) is 14.8 Å². The summed E-state index contributed by atoms with van der Waals surface area (Å²) in [6, 6.07) is 2.48. The van der Waals surface area contributed by atoms with Gasteiger partial charge in [-0.05, 0) is 63.9 Å². The Morgan fingerprint density at radius 2 is 1.79 bits per heavy atom. The van der Waals surface area contributed by atoms with Gasteiger partial charge in [0.05, 0.1) is 33.8 Å². The maximum atomic E-state index is 14.4. The van der Waals surface area contributed by atoms with E-state index in [1.165, 1.54) is 24.3 Å². The number of carbonyl (C=O) groups excluding carboxylic acids is 3. The number of nitrogens with zero attached hydrogens (tertiary/aromatic N) is 2. The Kier molecular flexibility index (Phi) is 7.23. The van der Waals surface area contributed by atoms with Crippen LogP contribution < -0.4 is 10.6 Å². The minimum Gasteiger partial charge on any atom is -0.358 e. The number of rotatable bonds is 5. The van der Waals surface area contributed by atoms with E-state index in [1.807, 2.05) is 0 Å². The van der Waals surface area contributed by atoms with Crippen molar-refractivity contribution in [3.63, 3.8) is 0 Å². The molecular formula is C27H29F4N5O3. The van der Waals surface area contributed by atoms with Gasteiger partial charge in [-0.2, -0.15) is 13.2 Å². The highest BCUT2D eigenvalue weighted by Crippen LogP contribution is 2.41. The van der Waals surface area contributed by atoms with Crippen LogP contribution in [-0.4, -0.2) is 65.2 Å². The van der Waals surface area contributed by atoms with Gasteiger partial charge in [-0.15, -0.1) is 0 Å². The number of hydrogen-bond acceptors (Lipinski definition) is 4. The first-order valence-corrected chi connectivity index (χ1v) is 13.0. The van der Waals surface area contributed by atoms with E-state index in [2.05, 4.69) is 20.5 Å². The first kappa shape index (κ1) is 26.9. The lowest BCUT2D eigenvalue weighted by Gasteiger charge is -2.40. The summed E-state index contributed by atoms with van der Waals surface area (Å²) < 4.78 is 57.6. The molecule has 4 heterocycles. The predicted octanol–water partition coefficient (Wildman–Crippen LogP) is 4.63.